The topological polar surface area (TPSA) is 75.3 Å². The average molecular weight is 270 g/mol. The van der Waals surface area contributed by atoms with Crippen molar-refractivity contribution in [3.05, 3.63) is 54.0 Å². The zero-order valence-electron chi connectivity index (χ0n) is 11.0. The Hall–Kier alpha value is -2.74. The zero-order chi connectivity index (χ0) is 14.4. The van der Waals surface area contributed by atoms with Crippen LogP contribution < -0.4 is 10.1 Å². The molecule has 2 aromatic rings. The van der Waals surface area contributed by atoms with Crippen molar-refractivity contribution in [3.8, 4) is 11.8 Å². The minimum absolute atomic E-state index is 0.231. The molecule has 1 N–H and O–H groups in total. The Morgan fingerprint density at radius 3 is 2.75 bits per heavy atom. The lowest BCUT2D eigenvalue weighted by atomic mass is 10.2. The molecule has 0 aliphatic rings. The largest absolute Gasteiger partial charge is 0.481 e. The molecule has 102 valence electrons. The minimum atomic E-state index is -0.627. The van der Waals surface area contributed by atoms with E-state index in [-0.39, 0.29) is 5.91 Å². The number of rotatable bonds is 5. The third-order valence-corrected chi connectivity index (χ3v) is 2.68. The number of nitrogens with one attached hydrogen (secondary N) is 1. The standard InChI is InChI=1S/C15H14N2O3/c1-11(15(18)17-10-14-3-2-8-19-14)20-13-6-4-12(9-16)5-7-13/h2-8,11H,10H2,1H3,(H,17,18). The van der Waals surface area contributed by atoms with Crippen molar-refractivity contribution >= 4 is 5.91 Å². The number of ether oxygens (including phenoxy) is 1. The molecule has 1 aromatic heterocycles. The molecule has 5 nitrogen and oxygen atoms in total. The first kappa shape index (κ1) is 13.7. The van der Waals surface area contributed by atoms with E-state index in [1.54, 1.807) is 49.6 Å². The van der Waals surface area contributed by atoms with Gasteiger partial charge in [-0.2, -0.15) is 5.26 Å². The summed E-state index contributed by atoms with van der Waals surface area (Å²) in [5.74, 6) is 0.999. The van der Waals surface area contributed by atoms with E-state index in [4.69, 9.17) is 14.4 Å². The van der Waals surface area contributed by atoms with Crippen molar-refractivity contribution in [1.29, 1.82) is 5.26 Å². The van der Waals surface area contributed by atoms with E-state index in [1.165, 1.54) is 0 Å². The van der Waals surface area contributed by atoms with E-state index in [2.05, 4.69) is 5.32 Å². The molecule has 0 fully saturated rings. The van der Waals surface area contributed by atoms with Crippen LogP contribution in [0.3, 0.4) is 0 Å². The fourth-order valence-electron chi connectivity index (χ4n) is 1.60. The van der Waals surface area contributed by atoms with Gasteiger partial charge in [-0.05, 0) is 43.3 Å². The van der Waals surface area contributed by atoms with Crippen molar-refractivity contribution in [1.82, 2.24) is 5.32 Å². The summed E-state index contributed by atoms with van der Waals surface area (Å²) in [5, 5.41) is 11.4. The second-order valence-corrected chi connectivity index (χ2v) is 4.19. The SMILES string of the molecule is CC(Oc1ccc(C#N)cc1)C(=O)NCc1ccco1. The van der Waals surface area contributed by atoms with Crippen LogP contribution in [-0.4, -0.2) is 12.0 Å². The summed E-state index contributed by atoms with van der Waals surface area (Å²) < 4.78 is 10.6. The number of nitrogens with zero attached hydrogens (tertiary/aromatic N) is 1. The Kier molecular flexibility index (Phi) is 4.40. The number of hydrogen-bond acceptors (Lipinski definition) is 4. The molecule has 2 rings (SSSR count). The summed E-state index contributed by atoms with van der Waals surface area (Å²) in [4.78, 5) is 11.8. The first-order chi connectivity index (χ1) is 9.69. The highest BCUT2D eigenvalue weighted by atomic mass is 16.5. The molecule has 1 aromatic carbocycles. The highest BCUT2D eigenvalue weighted by Crippen LogP contribution is 2.13. The van der Waals surface area contributed by atoms with Gasteiger partial charge in [0.05, 0.1) is 24.4 Å². The molecule has 0 radical (unpaired) electrons. The van der Waals surface area contributed by atoms with Crippen LogP contribution in [0.5, 0.6) is 5.75 Å². The summed E-state index contributed by atoms with van der Waals surface area (Å²) in [5.41, 5.74) is 0.548. The fraction of sp³-hybridized carbons (Fsp3) is 0.200. The molecule has 1 atom stereocenters. The van der Waals surface area contributed by atoms with E-state index in [9.17, 15) is 4.79 Å². The summed E-state index contributed by atoms with van der Waals surface area (Å²) in [6.07, 6.45) is 0.927. The lowest BCUT2D eigenvalue weighted by Gasteiger charge is -2.14. The van der Waals surface area contributed by atoms with Crippen LogP contribution in [0.1, 0.15) is 18.2 Å². The van der Waals surface area contributed by atoms with Gasteiger partial charge in [-0.25, -0.2) is 0 Å². The molecular formula is C15H14N2O3. The maximum absolute atomic E-state index is 11.8. The quantitative estimate of drug-likeness (QED) is 0.904. The lowest BCUT2D eigenvalue weighted by molar-refractivity contribution is -0.127. The van der Waals surface area contributed by atoms with Crippen LogP contribution in [0.4, 0.5) is 0 Å². The van der Waals surface area contributed by atoms with E-state index >= 15 is 0 Å². The monoisotopic (exact) mass is 270 g/mol. The van der Waals surface area contributed by atoms with Gasteiger partial charge in [0.1, 0.15) is 11.5 Å². The van der Waals surface area contributed by atoms with Crippen molar-refractivity contribution in [2.75, 3.05) is 0 Å². The van der Waals surface area contributed by atoms with Crippen LogP contribution in [-0.2, 0) is 11.3 Å². The molecule has 20 heavy (non-hydrogen) atoms. The average Bonchev–Trinajstić information content (AvgIpc) is 2.98. The molecule has 1 amide bonds. The molecule has 1 unspecified atom stereocenters. The maximum atomic E-state index is 11.8. The number of furan rings is 1. The van der Waals surface area contributed by atoms with Crippen LogP contribution >= 0.6 is 0 Å². The molecule has 0 saturated carbocycles. The number of nitriles is 1. The van der Waals surface area contributed by atoms with E-state index in [0.29, 0.717) is 23.6 Å². The minimum Gasteiger partial charge on any atom is -0.481 e. The number of benzene rings is 1. The first-order valence-electron chi connectivity index (χ1n) is 6.16. The molecule has 0 aliphatic carbocycles. The van der Waals surface area contributed by atoms with Crippen molar-refractivity contribution in [2.24, 2.45) is 0 Å². The van der Waals surface area contributed by atoms with Gasteiger partial charge in [-0.3, -0.25) is 4.79 Å². The van der Waals surface area contributed by atoms with Gasteiger partial charge in [0, 0.05) is 0 Å². The summed E-state index contributed by atoms with van der Waals surface area (Å²) in [7, 11) is 0. The number of carbonyl (C=O) groups is 1. The van der Waals surface area contributed by atoms with Crippen LogP contribution in [0.15, 0.2) is 47.1 Å². The van der Waals surface area contributed by atoms with E-state index in [1.807, 2.05) is 6.07 Å². The van der Waals surface area contributed by atoms with Crippen LogP contribution in [0.25, 0.3) is 0 Å². The predicted octanol–water partition coefficient (Wildman–Crippen LogP) is 2.23. The Morgan fingerprint density at radius 2 is 2.15 bits per heavy atom. The van der Waals surface area contributed by atoms with Crippen molar-refractivity contribution in [3.63, 3.8) is 0 Å². The third-order valence-electron chi connectivity index (χ3n) is 2.68. The maximum Gasteiger partial charge on any atom is 0.261 e. The Morgan fingerprint density at radius 1 is 1.40 bits per heavy atom. The molecule has 0 spiro atoms. The molecule has 0 bridgehead atoms. The number of hydrogen-bond donors (Lipinski definition) is 1. The molecular weight excluding hydrogens is 256 g/mol. The molecule has 0 aliphatic heterocycles. The second-order valence-electron chi connectivity index (χ2n) is 4.19. The second kappa shape index (κ2) is 6.43. The van der Waals surface area contributed by atoms with Crippen molar-refractivity contribution in [2.45, 2.75) is 19.6 Å². The van der Waals surface area contributed by atoms with Gasteiger partial charge >= 0.3 is 0 Å². The van der Waals surface area contributed by atoms with Gasteiger partial charge in [0.25, 0.3) is 5.91 Å². The zero-order valence-corrected chi connectivity index (χ0v) is 11.0. The Labute approximate surface area is 116 Å². The number of amides is 1. The molecule has 0 saturated heterocycles. The molecule has 1 heterocycles. The fourth-order valence-corrected chi connectivity index (χ4v) is 1.60. The highest BCUT2D eigenvalue weighted by Gasteiger charge is 2.14. The summed E-state index contributed by atoms with van der Waals surface area (Å²) in [6, 6.07) is 12.2. The Balaban J connectivity index is 1.85. The van der Waals surface area contributed by atoms with Gasteiger partial charge in [0.2, 0.25) is 0 Å². The molecule has 5 heteroatoms. The van der Waals surface area contributed by atoms with Crippen LogP contribution in [0.2, 0.25) is 0 Å². The van der Waals surface area contributed by atoms with Gasteiger partial charge < -0.3 is 14.5 Å². The lowest BCUT2D eigenvalue weighted by Crippen LogP contribution is -2.35. The summed E-state index contributed by atoms with van der Waals surface area (Å²) in [6.45, 7) is 1.99. The first-order valence-corrected chi connectivity index (χ1v) is 6.16. The van der Waals surface area contributed by atoms with Gasteiger partial charge in [-0.1, -0.05) is 0 Å². The van der Waals surface area contributed by atoms with Gasteiger partial charge in [0.15, 0.2) is 6.10 Å². The van der Waals surface area contributed by atoms with E-state index < -0.39 is 6.10 Å². The summed E-state index contributed by atoms with van der Waals surface area (Å²) >= 11 is 0. The normalized spacial score (nSPS) is 11.4. The van der Waals surface area contributed by atoms with E-state index in [0.717, 1.165) is 0 Å². The number of carbonyl (C=O) groups excluding carboxylic acids is 1. The van der Waals surface area contributed by atoms with Gasteiger partial charge in [-0.15, -0.1) is 0 Å². The third kappa shape index (κ3) is 3.62. The highest BCUT2D eigenvalue weighted by molar-refractivity contribution is 5.80. The predicted molar refractivity (Wildman–Crippen MR) is 71.8 cm³/mol. The smallest absolute Gasteiger partial charge is 0.261 e. The van der Waals surface area contributed by atoms with Crippen molar-refractivity contribution < 1.29 is 13.9 Å². The Bertz CT molecular complexity index is 597. The van der Waals surface area contributed by atoms with Crippen LogP contribution in [0, 0.1) is 11.3 Å².